The summed E-state index contributed by atoms with van der Waals surface area (Å²) in [6.45, 7) is 7.81. The summed E-state index contributed by atoms with van der Waals surface area (Å²) in [7, 11) is -3.55. The molecule has 3 heterocycles. The van der Waals surface area contributed by atoms with Crippen molar-refractivity contribution in [1.82, 2.24) is 24.0 Å². The van der Waals surface area contributed by atoms with E-state index in [2.05, 4.69) is 17.0 Å². The zero-order valence-corrected chi connectivity index (χ0v) is 18.9. The van der Waals surface area contributed by atoms with Crippen LogP contribution in [0.3, 0.4) is 0 Å². The van der Waals surface area contributed by atoms with Crippen LogP contribution in [0.4, 0.5) is 0 Å². The molecule has 2 aromatic heterocycles. The number of hydrogen-bond acceptors (Lipinski definition) is 5. The molecule has 9 heteroatoms. The molecule has 1 fully saturated rings. The first-order valence-electron chi connectivity index (χ1n) is 10.5. The van der Waals surface area contributed by atoms with E-state index in [0.29, 0.717) is 18.7 Å². The SMILES string of the molecule is CCCn1nc(C)c2c(C(=O)N3CCN(S(=O)(=O)c4ccccc4)CC3)cc(C)nc21. The number of benzene rings is 1. The number of aromatic nitrogens is 3. The van der Waals surface area contributed by atoms with Gasteiger partial charge in [0.25, 0.3) is 5.91 Å². The van der Waals surface area contributed by atoms with Gasteiger partial charge in [0.15, 0.2) is 5.65 Å². The lowest BCUT2D eigenvalue weighted by atomic mass is 10.1. The third-order valence-electron chi connectivity index (χ3n) is 5.58. The minimum Gasteiger partial charge on any atom is -0.336 e. The summed E-state index contributed by atoms with van der Waals surface area (Å²) in [5.41, 5.74) is 2.86. The Bertz CT molecular complexity index is 1210. The van der Waals surface area contributed by atoms with Crippen molar-refractivity contribution in [3.63, 3.8) is 0 Å². The number of piperazine rings is 1. The van der Waals surface area contributed by atoms with Crippen LogP contribution in [0.15, 0.2) is 41.3 Å². The molecule has 4 rings (SSSR count). The molecule has 1 aliphatic rings. The largest absolute Gasteiger partial charge is 0.336 e. The number of fused-ring (bicyclic) bond motifs is 1. The number of hydrogen-bond donors (Lipinski definition) is 0. The number of carbonyl (C=O) groups is 1. The summed E-state index contributed by atoms with van der Waals surface area (Å²) < 4.78 is 29.0. The van der Waals surface area contributed by atoms with Gasteiger partial charge in [0.2, 0.25) is 10.0 Å². The topological polar surface area (TPSA) is 88.4 Å². The second-order valence-electron chi connectivity index (χ2n) is 7.83. The fourth-order valence-corrected chi connectivity index (χ4v) is 5.50. The average molecular weight is 442 g/mol. The highest BCUT2D eigenvalue weighted by molar-refractivity contribution is 7.89. The molecule has 31 heavy (non-hydrogen) atoms. The smallest absolute Gasteiger partial charge is 0.254 e. The van der Waals surface area contributed by atoms with Gasteiger partial charge in [0.05, 0.1) is 21.5 Å². The number of nitrogens with zero attached hydrogens (tertiary/aromatic N) is 5. The second-order valence-corrected chi connectivity index (χ2v) is 9.77. The van der Waals surface area contributed by atoms with Crippen LogP contribution in [0.2, 0.25) is 0 Å². The molecule has 1 amide bonds. The molecule has 8 nitrogen and oxygen atoms in total. The first-order chi connectivity index (χ1) is 14.8. The highest BCUT2D eigenvalue weighted by Gasteiger charge is 2.31. The summed E-state index contributed by atoms with van der Waals surface area (Å²) in [4.78, 5) is 20.0. The second kappa shape index (κ2) is 8.39. The molecule has 0 saturated carbocycles. The Balaban J connectivity index is 1.58. The number of carbonyl (C=O) groups excluding carboxylic acids is 1. The lowest BCUT2D eigenvalue weighted by molar-refractivity contribution is 0.0699. The Morgan fingerprint density at radius 2 is 1.74 bits per heavy atom. The molecule has 0 atom stereocenters. The van der Waals surface area contributed by atoms with E-state index in [1.807, 2.05) is 24.6 Å². The Morgan fingerprint density at radius 1 is 1.06 bits per heavy atom. The number of amides is 1. The number of aryl methyl sites for hydroxylation is 3. The third kappa shape index (κ3) is 3.95. The predicted octanol–water partition coefficient (Wildman–Crippen LogP) is 2.60. The van der Waals surface area contributed by atoms with E-state index in [-0.39, 0.29) is 23.9 Å². The molecule has 3 aromatic rings. The average Bonchev–Trinajstić information content (AvgIpc) is 3.08. The van der Waals surface area contributed by atoms with Crippen molar-refractivity contribution in [3.05, 3.63) is 53.3 Å². The molecule has 0 radical (unpaired) electrons. The van der Waals surface area contributed by atoms with Crippen molar-refractivity contribution < 1.29 is 13.2 Å². The van der Waals surface area contributed by atoms with E-state index in [1.54, 1.807) is 35.2 Å². The van der Waals surface area contributed by atoms with Gasteiger partial charge >= 0.3 is 0 Å². The lowest BCUT2D eigenvalue weighted by Crippen LogP contribution is -2.50. The van der Waals surface area contributed by atoms with E-state index < -0.39 is 10.0 Å². The van der Waals surface area contributed by atoms with Crippen LogP contribution in [0, 0.1) is 13.8 Å². The van der Waals surface area contributed by atoms with Crippen molar-refractivity contribution in [3.8, 4) is 0 Å². The maximum absolute atomic E-state index is 13.4. The molecule has 164 valence electrons. The molecule has 1 aliphatic heterocycles. The molecule has 0 aliphatic carbocycles. The van der Waals surface area contributed by atoms with Crippen LogP contribution < -0.4 is 0 Å². The summed E-state index contributed by atoms with van der Waals surface area (Å²) in [5, 5.41) is 5.36. The predicted molar refractivity (Wildman–Crippen MR) is 118 cm³/mol. The minimum atomic E-state index is -3.55. The molecule has 0 spiro atoms. The normalized spacial score (nSPS) is 15.5. The van der Waals surface area contributed by atoms with E-state index in [9.17, 15) is 13.2 Å². The lowest BCUT2D eigenvalue weighted by Gasteiger charge is -2.34. The van der Waals surface area contributed by atoms with Gasteiger partial charge < -0.3 is 4.90 Å². The van der Waals surface area contributed by atoms with Gasteiger partial charge in [0.1, 0.15) is 0 Å². The van der Waals surface area contributed by atoms with Gasteiger partial charge in [-0.3, -0.25) is 4.79 Å². The van der Waals surface area contributed by atoms with Crippen molar-refractivity contribution in [1.29, 1.82) is 0 Å². The Hall–Kier alpha value is -2.78. The number of sulfonamides is 1. The van der Waals surface area contributed by atoms with Gasteiger partial charge in [-0.25, -0.2) is 18.1 Å². The van der Waals surface area contributed by atoms with E-state index in [0.717, 1.165) is 35.4 Å². The number of rotatable bonds is 5. The van der Waals surface area contributed by atoms with Crippen molar-refractivity contribution in [2.24, 2.45) is 0 Å². The van der Waals surface area contributed by atoms with Gasteiger partial charge in [-0.15, -0.1) is 0 Å². The van der Waals surface area contributed by atoms with E-state index >= 15 is 0 Å². The standard InChI is InChI=1S/C22H27N5O3S/c1-4-10-27-21-20(17(3)24-27)19(15-16(2)23-21)22(28)25-11-13-26(14-12-25)31(29,30)18-8-6-5-7-9-18/h5-9,15H,4,10-14H2,1-3H3. The quantitative estimate of drug-likeness (QED) is 0.607. The highest BCUT2D eigenvalue weighted by atomic mass is 32.2. The molecule has 1 saturated heterocycles. The fourth-order valence-electron chi connectivity index (χ4n) is 4.06. The highest BCUT2D eigenvalue weighted by Crippen LogP contribution is 2.25. The van der Waals surface area contributed by atoms with Gasteiger partial charge in [-0.05, 0) is 38.5 Å². The minimum absolute atomic E-state index is 0.105. The Kier molecular flexibility index (Phi) is 5.81. The summed E-state index contributed by atoms with van der Waals surface area (Å²) in [6, 6.07) is 10.2. The third-order valence-corrected chi connectivity index (χ3v) is 7.49. The van der Waals surface area contributed by atoms with Crippen LogP contribution in [0.25, 0.3) is 11.0 Å². The molecule has 0 bridgehead atoms. The molecular weight excluding hydrogens is 414 g/mol. The van der Waals surface area contributed by atoms with E-state index in [4.69, 9.17) is 0 Å². The van der Waals surface area contributed by atoms with E-state index in [1.165, 1.54) is 4.31 Å². The van der Waals surface area contributed by atoms with Gasteiger partial charge in [-0.2, -0.15) is 9.40 Å². The summed E-state index contributed by atoms with van der Waals surface area (Å²) >= 11 is 0. The zero-order valence-electron chi connectivity index (χ0n) is 18.1. The molecule has 0 N–H and O–H groups in total. The van der Waals surface area contributed by atoms with Gasteiger partial charge in [0, 0.05) is 38.4 Å². The summed E-state index contributed by atoms with van der Waals surface area (Å²) in [5.74, 6) is -0.105. The maximum atomic E-state index is 13.4. The number of pyridine rings is 1. The maximum Gasteiger partial charge on any atom is 0.254 e. The molecular formula is C22H27N5O3S. The van der Waals surface area contributed by atoms with Crippen molar-refractivity contribution in [2.75, 3.05) is 26.2 Å². The monoisotopic (exact) mass is 441 g/mol. The molecule has 1 aromatic carbocycles. The van der Waals surface area contributed by atoms with Crippen molar-refractivity contribution >= 4 is 27.0 Å². The van der Waals surface area contributed by atoms with Crippen LogP contribution in [-0.4, -0.2) is 64.5 Å². The Morgan fingerprint density at radius 3 is 2.39 bits per heavy atom. The van der Waals surface area contributed by atoms with Gasteiger partial charge in [-0.1, -0.05) is 25.1 Å². The van der Waals surface area contributed by atoms with Crippen LogP contribution in [0.1, 0.15) is 35.1 Å². The fraction of sp³-hybridized carbons (Fsp3) is 0.409. The van der Waals surface area contributed by atoms with Crippen LogP contribution >= 0.6 is 0 Å². The van der Waals surface area contributed by atoms with Crippen LogP contribution in [-0.2, 0) is 16.6 Å². The first-order valence-corrected chi connectivity index (χ1v) is 12.0. The van der Waals surface area contributed by atoms with Crippen LogP contribution in [0.5, 0.6) is 0 Å². The summed E-state index contributed by atoms with van der Waals surface area (Å²) in [6.07, 6.45) is 0.924. The first kappa shape index (κ1) is 21.5. The zero-order chi connectivity index (χ0) is 22.2. The molecule has 0 unspecified atom stereocenters. The Labute approximate surface area is 182 Å². The van der Waals surface area contributed by atoms with Crippen molar-refractivity contribution in [2.45, 2.75) is 38.6 Å².